The predicted octanol–water partition coefficient (Wildman–Crippen LogP) is 2.93. The molecule has 6 nitrogen and oxygen atoms in total. The van der Waals surface area contributed by atoms with Crippen molar-refractivity contribution in [1.82, 2.24) is 20.2 Å². The maximum atomic E-state index is 12.5. The van der Waals surface area contributed by atoms with E-state index in [-0.39, 0.29) is 11.4 Å². The first-order valence-electron chi connectivity index (χ1n) is 9.67. The number of nitrogens with one attached hydrogen (secondary N) is 1. The molecule has 1 amide bonds. The van der Waals surface area contributed by atoms with Gasteiger partial charge in [0.05, 0.1) is 29.2 Å². The smallest absolute Gasteiger partial charge is 0.230 e. The molecule has 0 radical (unpaired) electrons. The van der Waals surface area contributed by atoms with Crippen LogP contribution in [0.4, 0.5) is 0 Å². The molecule has 1 aliphatic carbocycles. The Morgan fingerprint density at radius 3 is 2.89 bits per heavy atom. The molecule has 0 aromatic carbocycles. The quantitative estimate of drug-likeness (QED) is 0.588. The zero-order valence-electron chi connectivity index (χ0n) is 15.5. The number of morpholine rings is 1. The van der Waals surface area contributed by atoms with Crippen molar-refractivity contribution >= 4 is 39.2 Å². The zero-order chi connectivity index (χ0) is 18.5. The summed E-state index contributed by atoms with van der Waals surface area (Å²) in [4.78, 5) is 23.7. The number of hydrogen-bond acceptors (Lipinski definition) is 7. The maximum Gasteiger partial charge on any atom is 0.230 e. The van der Waals surface area contributed by atoms with Crippen molar-refractivity contribution in [2.45, 2.75) is 42.7 Å². The Labute approximate surface area is 168 Å². The maximum absolute atomic E-state index is 12.5. The topological polar surface area (TPSA) is 67.4 Å². The first-order chi connectivity index (χ1) is 13.3. The third-order valence-corrected chi connectivity index (χ3v) is 7.66. The summed E-state index contributed by atoms with van der Waals surface area (Å²) in [5.74, 6) is 0.477. The molecule has 0 bridgehead atoms. The first kappa shape index (κ1) is 19.1. The van der Waals surface area contributed by atoms with E-state index in [2.05, 4.69) is 20.2 Å². The third kappa shape index (κ3) is 4.45. The molecule has 1 saturated heterocycles. The van der Waals surface area contributed by atoms with Gasteiger partial charge in [-0.2, -0.15) is 0 Å². The highest BCUT2D eigenvalue weighted by Crippen LogP contribution is 2.34. The molecule has 2 fully saturated rings. The zero-order valence-corrected chi connectivity index (χ0v) is 17.1. The van der Waals surface area contributed by atoms with Gasteiger partial charge in [0.15, 0.2) is 0 Å². The van der Waals surface area contributed by atoms with Crippen LogP contribution in [0.5, 0.6) is 0 Å². The van der Waals surface area contributed by atoms with Gasteiger partial charge < -0.3 is 10.1 Å². The van der Waals surface area contributed by atoms with Gasteiger partial charge in [0, 0.05) is 25.2 Å². The Hall–Kier alpha value is -1.22. The molecule has 0 atom stereocenters. The SMILES string of the molecule is O=C(CSc1ncnc2ccsc12)NCC1(N2CCOCC2)CCCCC1. The van der Waals surface area contributed by atoms with Crippen molar-refractivity contribution in [3.63, 3.8) is 0 Å². The molecule has 0 spiro atoms. The van der Waals surface area contributed by atoms with Crippen LogP contribution in [0.1, 0.15) is 32.1 Å². The molecule has 146 valence electrons. The van der Waals surface area contributed by atoms with Gasteiger partial charge in [-0.15, -0.1) is 11.3 Å². The molecule has 3 heterocycles. The van der Waals surface area contributed by atoms with E-state index in [9.17, 15) is 4.79 Å². The summed E-state index contributed by atoms with van der Waals surface area (Å²) in [6.07, 6.45) is 7.72. The highest BCUT2D eigenvalue weighted by molar-refractivity contribution is 8.00. The third-order valence-electron chi connectivity index (χ3n) is 5.63. The highest BCUT2D eigenvalue weighted by atomic mass is 32.2. The lowest BCUT2D eigenvalue weighted by molar-refractivity contribution is -0.119. The molecule has 1 aliphatic heterocycles. The van der Waals surface area contributed by atoms with E-state index in [1.54, 1.807) is 17.7 Å². The van der Waals surface area contributed by atoms with Gasteiger partial charge in [-0.25, -0.2) is 9.97 Å². The Bertz CT molecular complexity index is 770. The minimum absolute atomic E-state index is 0.0847. The number of thioether (sulfide) groups is 1. The number of aromatic nitrogens is 2. The molecule has 1 N–H and O–H groups in total. The summed E-state index contributed by atoms with van der Waals surface area (Å²) in [5.41, 5.74) is 1.06. The van der Waals surface area contributed by atoms with Gasteiger partial charge in [0.2, 0.25) is 5.91 Å². The van der Waals surface area contributed by atoms with Gasteiger partial charge in [-0.3, -0.25) is 9.69 Å². The Balaban J connectivity index is 1.34. The summed E-state index contributed by atoms with van der Waals surface area (Å²) >= 11 is 3.12. The first-order valence-corrected chi connectivity index (χ1v) is 11.5. The fourth-order valence-corrected chi connectivity index (χ4v) is 5.95. The van der Waals surface area contributed by atoms with Crippen LogP contribution < -0.4 is 5.32 Å². The van der Waals surface area contributed by atoms with E-state index in [1.165, 1.54) is 43.9 Å². The van der Waals surface area contributed by atoms with Crippen LogP contribution in [0, 0.1) is 0 Å². The number of amides is 1. The summed E-state index contributed by atoms with van der Waals surface area (Å²) in [6.45, 7) is 4.29. The number of carbonyl (C=O) groups excluding carboxylic acids is 1. The van der Waals surface area contributed by atoms with Crippen LogP contribution in [-0.4, -0.2) is 64.9 Å². The number of fused-ring (bicyclic) bond motifs is 1. The van der Waals surface area contributed by atoms with Gasteiger partial charge in [0.25, 0.3) is 0 Å². The van der Waals surface area contributed by atoms with Crippen LogP contribution in [0.2, 0.25) is 0 Å². The van der Waals surface area contributed by atoms with Crippen molar-refractivity contribution < 1.29 is 9.53 Å². The van der Waals surface area contributed by atoms with Crippen molar-refractivity contribution in [2.75, 3.05) is 38.6 Å². The van der Waals surface area contributed by atoms with Crippen LogP contribution in [0.15, 0.2) is 22.8 Å². The summed E-state index contributed by atoms with van der Waals surface area (Å²) in [7, 11) is 0. The summed E-state index contributed by atoms with van der Waals surface area (Å²) in [6, 6.07) is 1.99. The molecular formula is C19H26N4O2S2. The second-order valence-electron chi connectivity index (χ2n) is 7.26. The molecule has 27 heavy (non-hydrogen) atoms. The van der Waals surface area contributed by atoms with E-state index in [0.717, 1.165) is 48.1 Å². The number of ether oxygens (including phenoxy) is 1. The van der Waals surface area contributed by atoms with Gasteiger partial charge in [-0.1, -0.05) is 31.0 Å². The molecule has 2 aliphatic rings. The fraction of sp³-hybridized carbons (Fsp3) is 0.632. The number of thiophene rings is 1. The van der Waals surface area contributed by atoms with Gasteiger partial charge >= 0.3 is 0 Å². The van der Waals surface area contributed by atoms with Crippen LogP contribution in [0.3, 0.4) is 0 Å². The van der Waals surface area contributed by atoms with Crippen molar-refractivity contribution in [1.29, 1.82) is 0 Å². The Morgan fingerprint density at radius 1 is 1.26 bits per heavy atom. The summed E-state index contributed by atoms with van der Waals surface area (Å²) < 4.78 is 6.60. The van der Waals surface area contributed by atoms with Crippen LogP contribution in [-0.2, 0) is 9.53 Å². The number of hydrogen-bond donors (Lipinski definition) is 1. The Kier molecular flexibility index (Phi) is 6.27. The van der Waals surface area contributed by atoms with Crippen molar-refractivity contribution in [3.8, 4) is 0 Å². The average molecular weight is 407 g/mol. The number of nitrogens with zero attached hydrogens (tertiary/aromatic N) is 3. The Morgan fingerprint density at radius 2 is 2.07 bits per heavy atom. The normalized spacial score (nSPS) is 20.6. The standard InChI is InChI=1S/C19H26N4O2S2/c24-16(12-27-18-17-15(4-11-26-17)21-14-22-18)20-13-19(5-2-1-3-6-19)23-7-9-25-10-8-23/h4,11,14H,1-3,5-10,12-13H2,(H,20,24). The largest absolute Gasteiger partial charge is 0.379 e. The molecule has 4 rings (SSSR count). The molecule has 1 saturated carbocycles. The summed E-state index contributed by atoms with van der Waals surface area (Å²) in [5, 5.41) is 6.13. The average Bonchev–Trinajstić information content (AvgIpc) is 3.21. The predicted molar refractivity (Wildman–Crippen MR) is 109 cm³/mol. The van der Waals surface area contributed by atoms with E-state index in [4.69, 9.17) is 4.74 Å². The van der Waals surface area contributed by atoms with E-state index in [1.807, 2.05) is 11.4 Å². The second-order valence-corrected chi connectivity index (χ2v) is 9.14. The van der Waals surface area contributed by atoms with E-state index < -0.39 is 0 Å². The van der Waals surface area contributed by atoms with Crippen molar-refractivity contribution in [2.24, 2.45) is 0 Å². The number of rotatable bonds is 6. The molecule has 2 aromatic heterocycles. The van der Waals surface area contributed by atoms with E-state index in [0.29, 0.717) is 5.75 Å². The molecule has 8 heteroatoms. The lowest BCUT2D eigenvalue weighted by atomic mass is 9.79. The minimum atomic E-state index is 0.0847. The van der Waals surface area contributed by atoms with E-state index >= 15 is 0 Å². The molecular weight excluding hydrogens is 380 g/mol. The highest BCUT2D eigenvalue weighted by Gasteiger charge is 2.38. The lowest BCUT2D eigenvalue weighted by Crippen LogP contribution is -2.59. The van der Waals surface area contributed by atoms with Crippen molar-refractivity contribution in [3.05, 3.63) is 17.8 Å². The monoisotopic (exact) mass is 406 g/mol. The van der Waals surface area contributed by atoms with Gasteiger partial charge in [0.1, 0.15) is 11.4 Å². The number of carbonyl (C=O) groups is 1. The van der Waals surface area contributed by atoms with Crippen LogP contribution in [0.25, 0.3) is 10.2 Å². The molecule has 0 unspecified atom stereocenters. The molecule has 2 aromatic rings. The van der Waals surface area contributed by atoms with Gasteiger partial charge in [-0.05, 0) is 24.3 Å². The fourth-order valence-electron chi connectivity index (χ4n) is 4.17. The second kappa shape index (κ2) is 8.86. The van der Waals surface area contributed by atoms with Crippen LogP contribution >= 0.6 is 23.1 Å². The minimum Gasteiger partial charge on any atom is -0.379 e. The lowest BCUT2D eigenvalue weighted by Gasteiger charge is -2.48.